The minimum absolute atomic E-state index is 0.0826. The highest BCUT2D eigenvalue weighted by Gasteiger charge is 2.67. The van der Waals surface area contributed by atoms with Crippen molar-refractivity contribution in [2.45, 2.75) is 23.5 Å². The van der Waals surface area contributed by atoms with E-state index in [-0.39, 0.29) is 11.8 Å². The number of para-hydroxylation sites is 1. The third-order valence-electron chi connectivity index (χ3n) is 3.97. The average molecular weight is 415 g/mol. The predicted octanol–water partition coefficient (Wildman–Crippen LogP) is 4.69. The fraction of sp³-hybridized carbons (Fsp3) is 0.357. The van der Waals surface area contributed by atoms with Crippen LogP contribution in [0.4, 0.5) is 5.69 Å². The molecule has 0 aliphatic heterocycles. The molecule has 1 fully saturated rings. The molecule has 110 valence electrons. The molecule has 1 amide bonds. The van der Waals surface area contributed by atoms with E-state index < -0.39 is 8.65 Å². The first-order valence-electron chi connectivity index (χ1n) is 6.40. The molecule has 0 spiro atoms. The number of aryl methyl sites for hydroxylation is 1. The Morgan fingerprint density at radius 1 is 1.43 bits per heavy atom. The standard InChI is InChI=1S/C14H13Br2N3O2/c1-7-4-3-5-8-9(7)17-11(20)10(8)18-19-12(21)13(2)6-14(13,15)16/h3-5,17,20H,6H2,1-2H3/t13-/m0/s1. The quantitative estimate of drug-likeness (QED) is 0.552. The summed E-state index contributed by atoms with van der Waals surface area (Å²) < 4.78 is -0.401. The van der Waals surface area contributed by atoms with Crippen molar-refractivity contribution in [1.82, 2.24) is 4.98 Å². The van der Waals surface area contributed by atoms with E-state index in [2.05, 4.69) is 47.1 Å². The Morgan fingerprint density at radius 2 is 2.10 bits per heavy atom. The first-order chi connectivity index (χ1) is 9.76. The van der Waals surface area contributed by atoms with Gasteiger partial charge in [0.05, 0.1) is 14.2 Å². The zero-order chi connectivity index (χ0) is 15.4. The molecule has 0 bridgehead atoms. The maximum Gasteiger partial charge on any atom is 0.272 e. The molecule has 0 radical (unpaired) electrons. The molecule has 1 aromatic heterocycles. The number of carbonyl (C=O) groups is 1. The summed E-state index contributed by atoms with van der Waals surface area (Å²) in [6.45, 7) is 3.75. The number of aromatic amines is 1. The third-order valence-corrected chi connectivity index (χ3v) is 6.28. The van der Waals surface area contributed by atoms with Crippen LogP contribution in [0.15, 0.2) is 28.4 Å². The molecular formula is C14H13Br2N3O2. The van der Waals surface area contributed by atoms with Gasteiger partial charge in [0.15, 0.2) is 5.69 Å². The lowest BCUT2D eigenvalue weighted by molar-refractivity contribution is -0.122. The topological polar surface area (TPSA) is 77.8 Å². The van der Waals surface area contributed by atoms with Gasteiger partial charge < -0.3 is 10.1 Å². The number of benzene rings is 1. The van der Waals surface area contributed by atoms with Gasteiger partial charge in [-0.05, 0) is 25.8 Å². The molecule has 3 rings (SSSR count). The Hall–Kier alpha value is -1.21. The lowest BCUT2D eigenvalue weighted by atomic mass is 10.1. The number of nitrogens with one attached hydrogen (secondary N) is 1. The second-order valence-electron chi connectivity index (χ2n) is 5.54. The van der Waals surface area contributed by atoms with E-state index in [0.717, 1.165) is 16.5 Å². The van der Waals surface area contributed by atoms with Crippen molar-refractivity contribution in [3.63, 3.8) is 0 Å². The Morgan fingerprint density at radius 3 is 2.71 bits per heavy atom. The maximum absolute atomic E-state index is 12.1. The van der Waals surface area contributed by atoms with Gasteiger partial charge in [-0.2, -0.15) is 0 Å². The Labute approximate surface area is 138 Å². The van der Waals surface area contributed by atoms with Crippen LogP contribution in [0.1, 0.15) is 18.9 Å². The number of aromatic nitrogens is 1. The molecule has 1 aliphatic carbocycles. The molecular weight excluding hydrogens is 402 g/mol. The summed E-state index contributed by atoms with van der Waals surface area (Å²) in [5, 5.41) is 18.4. The van der Waals surface area contributed by atoms with Crippen molar-refractivity contribution in [2.75, 3.05) is 0 Å². The van der Waals surface area contributed by atoms with E-state index in [9.17, 15) is 9.90 Å². The molecule has 21 heavy (non-hydrogen) atoms. The summed E-state index contributed by atoms with van der Waals surface area (Å²) in [6, 6.07) is 5.63. The minimum Gasteiger partial charge on any atom is -0.493 e. The van der Waals surface area contributed by atoms with Gasteiger partial charge in [0, 0.05) is 5.39 Å². The number of hydrogen-bond donors (Lipinski definition) is 2. The van der Waals surface area contributed by atoms with Crippen LogP contribution < -0.4 is 0 Å². The number of amides is 1. The molecule has 1 aliphatic rings. The second kappa shape index (κ2) is 4.64. The number of hydrogen-bond acceptors (Lipinski definition) is 3. The van der Waals surface area contributed by atoms with Crippen LogP contribution in [0.2, 0.25) is 0 Å². The summed E-state index contributed by atoms with van der Waals surface area (Å²) in [6.07, 6.45) is 0.650. The molecule has 2 aromatic rings. The number of alkyl halides is 2. The van der Waals surface area contributed by atoms with Gasteiger partial charge in [-0.25, -0.2) is 0 Å². The number of rotatable bonds is 2. The summed E-state index contributed by atoms with van der Waals surface area (Å²) in [5.41, 5.74) is 1.48. The van der Waals surface area contributed by atoms with Crippen LogP contribution in [0.25, 0.3) is 10.9 Å². The number of nitrogens with zero attached hydrogens (tertiary/aromatic N) is 2. The molecule has 1 atom stereocenters. The fourth-order valence-corrected chi connectivity index (χ4v) is 3.74. The van der Waals surface area contributed by atoms with Crippen LogP contribution in [-0.2, 0) is 4.79 Å². The van der Waals surface area contributed by atoms with E-state index in [1.807, 2.05) is 32.0 Å². The molecule has 1 heterocycles. The second-order valence-corrected chi connectivity index (χ2v) is 9.31. The molecule has 7 heteroatoms. The average Bonchev–Trinajstić information content (AvgIpc) is 2.76. The highest BCUT2D eigenvalue weighted by Crippen LogP contribution is 2.66. The van der Waals surface area contributed by atoms with Gasteiger partial charge in [-0.15, -0.1) is 10.2 Å². The number of H-pyrrole nitrogens is 1. The molecule has 5 nitrogen and oxygen atoms in total. The number of azo groups is 1. The monoisotopic (exact) mass is 413 g/mol. The first kappa shape index (κ1) is 14.7. The summed E-state index contributed by atoms with van der Waals surface area (Å²) >= 11 is 6.86. The van der Waals surface area contributed by atoms with Crippen molar-refractivity contribution in [3.05, 3.63) is 23.8 Å². The Kier molecular flexibility index (Phi) is 3.25. The molecule has 0 unspecified atom stereocenters. The predicted molar refractivity (Wildman–Crippen MR) is 87.5 cm³/mol. The van der Waals surface area contributed by atoms with E-state index in [1.165, 1.54) is 0 Å². The lowest BCUT2D eigenvalue weighted by Crippen LogP contribution is -2.14. The van der Waals surface area contributed by atoms with Gasteiger partial charge in [-0.3, -0.25) is 4.79 Å². The van der Waals surface area contributed by atoms with E-state index >= 15 is 0 Å². The number of aromatic hydroxyl groups is 1. The van der Waals surface area contributed by atoms with Gasteiger partial charge >= 0.3 is 0 Å². The zero-order valence-corrected chi connectivity index (χ0v) is 14.6. The third kappa shape index (κ3) is 2.23. The zero-order valence-electron chi connectivity index (χ0n) is 11.4. The Bertz CT molecular complexity index is 782. The molecule has 1 aromatic carbocycles. The minimum atomic E-state index is -0.603. The largest absolute Gasteiger partial charge is 0.493 e. The van der Waals surface area contributed by atoms with Crippen LogP contribution >= 0.6 is 31.9 Å². The van der Waals surface area contributed by atoms with Crippen molar-refractivity contribution in [1.29, 1.82) is 0 Å². The number of fused-ring (bicyclic) bond motifs is 1. The Balaban J connectivity index is 1.96. The van der Waals surface area contributed by atoms with E-state index in [4.69, 9.17) is 0 Å². The lowest BCUT2D eigenvalue weighted by Gasteiger charge is -2.05. The van der Waals surface area contributed by atoms with Crippen molar-refractivity contribution < 1.29 is 9.90 Å². The van der Waals surface area contributed by atoms with Crippen LogP contribution in [0.5, 0.6) is 5.88 Å². The summed E-state index contributed by atoms with van der Waals surface area (Å²) in [7, 11) is 0. The van der Waals surface area contributed by atoms with Crippen LogP contribution in [0.3, 0.4) is 0 Å². The highest BCUT2D eigenvalue weighted by molar-refractivity contribution is 9.25. The summed E-state index contributed by atoms with van der Waals surface area (Å²) in [4.78, 5) is 15.0. The van der Waals surface area contributed by atoms with Gasteiger partial charge in [0.1, 0.15) is 0 Å². The first-order valence-corrected chi connectivity index (χ1v) is 7.99. The molecule has 1 saturated carbocycles. The fourth-order valence-electron chi connectivity index (χ4n) is 2.28. The maximum atomic E-state index is 12.1. The smallest absolute Gasteiger partial charge is 0.272 e. The summed E-state index contributed by atoms with van der Waals surface area (Å²) in [5.74, 6) is -0.404. The number of carbonyl (C=O) groups excluding carboxylic acids is 1. The molecule has 0 saturated heterocycles. The van der Waals surface area contributed by atoms with E-state index in [0.29, 0.717) is 12.1 Å². The SMILES string of the molecule is Cc1cccc2c(N=NC(=O)[C@]3(C)CC3(Br)Br)c(O)[nH]c12. The van der Waals surface area contributed by atoms with Crippen molar-refractivity contribution in [3.8, 4) is 5.88 Å². The van der Waals surface area contributed by atoms with Gasteiger partial charge in [0.25, 0.3) is 5.91 Å². The van der Waals surface area contributed by atoms with Crippen molar-refractivity contribution in [2.24, 2.45) is 15.6 Å². The normalized spacial score (nSPS) is 23.8. The molecule has 2 N–H and O–H groups in total. The van der Waals surface area contributed by atoms with Gasteiger partial charge in [-0.1, -0.05) is 50.1 Å². The number of halogens is 2. The van der Waals surface area contributed by atoms with Crippen molar-refractivity contribution >= 4 is 54.4 Å². The van der Waals surface area contributed by atoms with E-state index in [1.54, 1.807) is 0 Å². The van der Waals surface area contributed by atoms with Crippen LogP contribution in [-0.4, -0.2) is 19.2 Å². The van der Waals surface area contributed by atoms with Gasteiger partial charge in [0.2, 0.25) is 5.88 Å². The van der Waals surface area contributed by atoms with Crippen LogP contribution in [0, 0.1) is 12.3 Å². The highest BCUT2D eigenvalue weighted by atomic mass is 79.9.